The van der Waals surface area contributed by atoms with Crippen LogP contribution < -0.4 is 5.73 Å². The molecule has 18 heavy (non-hydrogen) atoms. The van der Waals surface area contributed by atoms with E-state index < -0.39 is 0 Å². The predicted octanol–water partition coefficient (Wildman–Crippen LogP) is 1.94. The summed E-state index contributed by atoms with van der Waals surface area (Å²) in [5.74, 6) is 0. The molecular weight excluding hydrogens is 294 g/mol. The van der Waals surface area contributed by atoms with Gasteiger partial charge in [-0.1, -0.05) is 6.92 Å². The van der Waals surface area contributed by atoms with Crippen LogP contribution in [0.5, 0.6) is 0 Å². The van der Waals surface area contributed by atoms with Gasteiger partial charge in [-0.25, -0.2) is 0 Å². The number of rotatable bonds is 3. The number of aromatic nitrogens is 2. The molecule has 2 aliphatic heterocycles. The Morgan fingerprint density at radius 2 is 2.33 bits per heavy atom. The third kappa shape index (κ3) is 1.84. The number of hydrogen-bond acceptors (Lipinski definition) is 3. The first-order chi connectivity index (χ1) is 8.53. The zero-order valence-electron chi connectivity index (χ0n) is 10.9. The van der Waals surface area contributed by atoms with Crippen LogP contribution in [0, 0.1) is 0 Å². The lowest BCUT2D eigenvalue weighted by Gasteiger charge is -2.31. The van der Waals surface area contributed by atoms with E-state index in [4.69, 9.17) is 10.5 Å². The topological polar surface area (TPSA) is 53.1 Å². The van der Waals surface area contributed by atoms with Crippen LogP contribution in [-0.4, -0.2) is 27.5 Å². The van der Waals surface area contributed by atoms with Crippen molar-refractivity contribution < 1.29 is 4.74 Å². The summed E-state index contributed by atoms with van der Waals surface area (Å²) in [6, 6.07) is 0. The second-order valence-corrected chi connectivity index (χ2v) is 6.42. The normalized spacial score (nSPS) is 34.4. The molecule has 2 saturated heterocycles. The predicted molar refractivity (Wildman–Crippen MR) is 73.4 cm³/mol. The molecule has 1 aromatic heterocycles. The largest absolute Gasteiger partial charge is 0.373 e. The van der Waals surface area contributed by atoms with Gasteiger partial charge in [-0.2, -0.15) is 5.10 Å². The molecule has 0 aromatic carbocycles. The second kappa shape index (κ2) is 4.32. The number of halogens is 1. The molecule has 3 unspecified atom stereocenters. The first kappa shape index (κ1) is 12.6. The van der Waals surface area contributed by atoms with E-state index >= 15 is 0 Å². The highest BCUT2D eigenvalue weighted by atomic mass is 79.9. The van der Waals surface area contributed by atoms with Gasteiger partial charge < -0.3 is 10.5 Å². The van der Waals surface area contributed by atoms with E-state index in [9.17, 15) is 0 Å². The minimum absolute atomic E-state index is 0.204. The molecule has 2 bridgehead atoms. The van der Waals surface area contributed by atoms with Crippen LogP contribution in [0.15, 0.2) is 4.47 Å². The molecule has 4 nitrogen and oxygen atoms in total. The van der Waals surface area contributed by atoms with Crippen LogP contribution >= 0.6 is 15.9 Å². The Hall–Kier alpha value is -0.390. The summed E-state index contributed by atoms with van der Waals surface area (Å²) in [7, 11) is 2.00. The van der Waals surface area contributed by atoms with Gasteiger partial charge in [-0.3, -0.25) is 4.68 Å². The fourth-order valence-electron chi connectivity index (χ4n) is 3.34. The van der Waals surface area contributed by atoms with Gasteiger partial charge in [0.25, 0.3) is 0 Å². The van der Waals surface area contributed by atoms with Crippen LogP contribution in [-0.2, 0) is 24.6 Å². The lowest BCUT2D eigenvalue weighted by Crippen LogP contribution is -2.50. The SMILES string of the molecule is CCc1nn(C)c(CC2(N)CC3CCC2O3)c1Br. The van der Waals surface area contributed by atoms with E-state index in [0.717, 1.165) is 35.8 Å². The fraction of sp³-hybridized carbons (Fsp3) is 0.769. The van der Waals surface area contributed by atoms with Crippen molar-refractivity contribution in [1.82, 2.24) is 9.78 Å². The number of fused-ring (bicyclic) bond motifs is 2. The molecule has 0 radical (unpaired) electrons. The minimum atomic E-state index is -0.204. The van der Waals surface area contributed by atoms with Crippen molar-refractivity contribution in [2.24, 2.45) is 12.8 Å². The van der Waals surface area contributed by atoms with Crippen LogP contribution in [0.25, 0.3) is 0 Å². The molecule has 1 aromatic rings. The van der Waals surface area contributed by atoms with Crippen molar-refractivity contribution in [2.45, 2.75) is 56.8 Å². The van der Waals surface area contributed by atoms with Crippen LogP contribution in [0.1, 0.15) is 37.6 Å². The summed E-state index contributed by atoms with van der Waals surface area (Å²) in [5.41, 5.74) is 8.68. The Morgan fingerprint density at radius 1 is 1.56 bits per heavy atom. The zero-order chi connectivity index (χ0) is 12.9. The number of nitrogens with two attached hydrogens (primary N) is 1. The minimum Gasteiger partial charge on any atom is -0.373 e. The molecule has 0 amide bonds. The first-order valence-electron chi connectivity index (χ1n) is 6.68. The van der Waals surface area contributed by atoms with E-state index in [0.29, 0.717) is 6.10 Å². The highest BCUT2D eigenvalue weighted by molar-refractivity contribution is 9.10. The molecule has 0 aliphatic carbocycles. The summed E-state index contributed by atoms with van der Waals surface area (Å²) in [5, 5.41) is 4.54. The molecule has 3 rings (SSSR count). The standard InChI is InChI=1S/C13H20BrN3O/c1-3-9-12(14)10(17(2)16-9)7-13(15)6-8-4-5-11(13)18-8/h8,11H,3-7,15H2,1-2H3. The van der Waals surface area contributed by atoms with Crippen molar-refractivity contribution in [1.29, 1.82) is 0 Å². The molecule has 0 saturated carbocycles. The van der Waals surface area contributed by atoms with Gasteiger partial charge in [0, 0.05) is 13.5 Å². The Morgan fingerprint density at radius 3 is 2.83 bits per heavy atom. The second-order valence-electron chi connectivity index (χ2n) is 5.62. The summed E-state index contributed by atoms with van der Waals surface area (Å²) in [6.45, 7) is 2.12. The highest BCUT2D eigenvalue weighted by Gasteiger charge is 2.50. The maximum atomic E-state index is 6.58. The lowest BCUT2D eigenvalue weighted by atomic mass is 9.79. The van der Waals surface area contributed by atoms with Crippen LogP contribution in [0.2, 0.25) is 0 Å². The van der Waals surface area contributed by atoms with E-state index in [1.807, 2.05) is 11.7 Å². The molecule has 2 aliphatic rings. The third-order valence-corrected chi connectivity index (χ3v) is 5.27. The van der Waals surface area contributed by atoms with Gasteiger partial charge in [-0.05, 0) is 41.6 Å². The van der Waals surface area contributed by atoms with Crippen molar-refractivity contribution in [3.05, 3.63) is 15.9 Å². The molecular formula is C13H20BrN3O. The van der Waals surface area contributed by atoms with E-state index in [1.54, 1.807) is 0 Å². The highest BCUT2D eigenvalue weighted by Crippen LogP contribution is 2.42. The number of nitrogens with zero attached hydrogens (tertiary/aromatic N) is 2. The third-order valence-electron chi connectivity index (χ3n) is 4.36. The number of ether oxygens (including phenoxy) is 1. The Bertz CT molecular complexity index is 473. The summed E-state index contributed by atoms with van der Waals surface area (Å²) >= 11 is 3.67. The lowest BCUT2D eigenvalue weighted by molar-refractivity contribution is 0.0852. The quantitative estimate of drug-likeness (QED) is 0.927. The Kier molecular flexibility index (Phi) is 3.03. The van der Waals surface area contributed by atoms with E-state index in [1.165, 1.54) is 12.1 Å². The molecule has 100 valence electrons. The average Bonchev–Trinajstić information content (AvgIpc) is 2.97. The van der Waals surface area contributed by atoms with Gasteiger partial charge in [-0.15, -0.1) is 0 Å². The summed E-state index contributed by atoms with van der Waals surface area (Å²) in [6.07, 6.45) is 5.67. The van der Waals surface area contributed by atoms with Gasteiger partial charge in [0.1, 0.15) is 0 Å². The fourth-order valence-corrected chi connectivity index (χ4v) is 4.10. The van der Waals surface area contributed by atoms with Crippen LogP contribution in [0.3, 0.4) is 0 Å². The Labute approximate surface area is 116 Å². The Balaban J connectivity index is 1.87. The van der Waals surface area contributed by atoms with Gasteiger partial charge in [0.2, 0.25) is 0 Å². The monoisotopic (exact) mass is 313 g/mol. The zero-order valence-corrected chi connectivity index (χ0v) is 12.5. The van der Waals surface area contributed by atoms with E-state index in [2.05, 4.69) is 28.0 Å². The number of hydrogen-bond donors (Lipinski definition) is 1. The molecule has 0 spiro atoms. The van der Waals surface area contributed by atoms with Gasteiger partial charge in [0.15, 0.2) is 0 Å². The van der Waals surface area contributed by atoms with E-state index in [-0.39, 0.29) is 11.6 Å². The number of aryl methyl sites for hydroxylation is 2. The molecule has 2 fully saturated rings. The average molecular weight is 314 g/mol. The van der Waals surface area contributed by atoms with Crippen molar-refractivity contribution in [2.75, 3.05) is 0 Å². The van der Waals surface area contributed by atoms with Crippen molar-refractivity contribution >= 4 is 15.9 Å². The van der Waals surface area contributed by atoms with Crippen molar-refractivity contribution in [3.63, 3.8) is 0 Å². The maximum Gasteiger partial charge on any atom is 0.0766 e. The van der Waals surface area contributed by atoms with Crippen molar-refractivity contribution in [3.8, 4) is 0 Å². The molecule has 5 heteroatoms. The van der Waals surface area contributed by atoms with Gasteiger partial charge in [0.05, 0.1) is 33.6 Å². The molecule has 3 heterocycles. The molecule has 3 atom stereocenters. The van der Waals surface area contributed by atoms with Gasteiger partial charge >= 0.3 is 0 Å². The summed E-state index contributed by atoms with van der Waals surface area (Å²) < 4.78 is 8.99. The van der Waals surface area contributed by atoms with Crippen LogP contribution in [0.4, 0.5) is 0 Å². The first-order valence-corrected chi connectivity index (χ1v) is 7.47. The smallest absolute Gasteiger partial charge is 0.0766 e. The maximum absolute atomic E-state index is 6.58. The molecule has 2 N–H and O–H groups in total. The summed E-state index contributed by atoms with van der Waals surface area (Å²) in [4.78, 5) is 0.